The van der Waals surface area contributed by atoms with E-state index in [9.17, 15) is 24.6 Å². The number of rotatable bonds is 19. The number of hydrogen-bond donors (Lipinski definition) is 5. The molecule has 0 spiro atoms. The van der Waals surface area contributed by atoms with Crippen LogP contribution in [0.2, 0.25) is 0 Å². The van der Waals surface area contributed by atoms with Gasteiger partial charge in [-0.05, 0) is 85.7 Å². The molecule has 20 heteroatoms. The number of nitrogens with one attached hydrogen (secondary N) is 3. The molecular formula is C60H71F2N11O6S. The molecule has 4 fully saturated rings. The number of terminal acetylenes is 1. The number of thiazole rings is 1. The Morgan fingerprint density at radius 1 is 0.938 bits per heavy atom. The molecule has 3 amide bonds. The summed E-state index contributed by atoms with van der Waals surface area (Å²) in [4.78, 5) is 68.9. The lowest BCUT2D eigenvalue weighted by Crippen LogP contribution is -2.57. The summed E-state index contributed by atoms with van der Waals surface area (Å²) in [5.74, 6) is 0.436. The van der Waals surface area contributed by atoms with Crippen LogP contribution in [0.15, 0.2) is 60.2 Å². The minimum Gasteiger partial charge on any atom is -0.508 e. The maximum atomic E-state index is 17.0. The van der Waals surface area contributed by atoms with Gasteiger partial charge in [-0.1, -0.05) is 63.4 Å². The molecule has 2 unspecified atom stereocenters. The first-order valence-corrected chi connectivity index (χ1v) is 28.8. The third kappa shape index (κ3) is 12.7. The number of phenolic OH excluding ortho intramolecular Hbond substituents is 1. The zero-order chi connectivity index (χ0) is 56.2. The highest BCUT2D eigenvalue weighted by Gasteiger charge is 2.44. The number of hydrogen-bond acceptors (Lipinski definition) is 15. The molecule has 3 aromatic carbocycles. The minimum atomic E-state index is -0.881. The van der Waals surface area contributed by atoms with Crippen molar-refractivity contribution in [2.24, 2.45) is 5.41 Å². The van der Waals surface area contributed by atoms with Gasteiger partial charge >= 0.3 is 6.01 Å². The van der Waals surface area contributed by atoms with Crippen molar-refractivity contribution in [3.05, 3.63) is 88.7 Å². The highest BCUT2D eigenvalue weighted by atomic mass is 32.1. The lowest BCUT2D eigenvalue weighted by Gasteiger charge is -2.35. The molecule has 0 radical (unpaired) electrons. The predicted octanol–water partition coefficient (Wildman–Crippen LogP) is 6.94. The number of β-amino-alcohol motifs (C(OH)–C–C–N with tert-alkyl or cyclic N) is 1. The van der Waals surface area contributed by atoms with Crippen LogP contribution in [0.5, 0.6) is 11.8 Å². The number of aliphatic hydroxyl groups excluding tert-OH is 1. The Labute approximate surface area is 469 Å². The van der Waals surface area contributed by atoms with Gasteiger partial charge in [0, 0.05) is 101 Å². The van der Waals surface area contributed by atoms with Crippen LogP contribution in [-0.2, 0) is 20.9 Å². The van der Waals surface area contributed by atoms with E-state index in [1.165, 1.54) is 35.4 Å². The van der Waals surface area contributed by atoms with E-state index < -0.39 is 35.2 Å². The number of aliphatic hydroxyl groups is 1. The van der Waals surface area contributed by atoms with E-state index in [1.807, 2.05) is 57.5 Å². The number of nitrogens with zero attached hydrogens (tertiary/aromatic N) is 8. The van der Waals surface area contributed by atoms with Gasteiger partial charge in [0.25, 0.3) is 0 Å². The van der Waals surface area contributed by atoms with Gasteiger partial charge in [0.2, 0.25) is 17.7 Å². The highest BCUT2D eigenvalue weighted by molar-refractivity contribution is 7.13. The summed E-state index contributed by atoms with van der Waals surface area (Å²) in [5.41, 5.74) is 4.06. The quantitative estimate of drug-likeness (QED) is 0.0413. The monoisotopic (exact) mass is 1110 g/mol. The number of ether oxygens (including phenoxy) is 1. The Balaban J connectivity index is 0.675. The van der Waals surface area contributed by atoms with Crippen molar-refractivity contribution in [3.8, 4) is 45.8 Å². The number of carbonyl (C=O) groups excluding carboxylic acids is 3. The Morgan fingerprint density at radius 3 is 2.35 bits per heavy atom. The topological polar surface area (TPSA) is 202 Å². The second kappa shape index (κ2) is 24.5. The average Bonchev–Trinajstić information content (AvgIpc) is 4.21. The summed E-state index contributed by atoms with van der Waals surface area (Å²) < 4.78 is 38.2. The SMILES string of the molecule is C#Cc1c(F)ccc2cc(O)cc(-c3ncc4c(N5CC6CCC(C5)N6)nc(OCCCN5CCN(CCCCCC(=O)N[C@H](C(=O)N6C[C@H](O)C[C@H]6C(=O)NCc6ccc(-c7scnc7C)cc6)C(C)(C)C)CC5)nc4c3F)c12. The van der Waals surface area contributed by atoms with Gasteiger partial charge in [-0.15, -0.1) is 17.8 Å². The van der Waals surface area contributed by atoms with Gasteiger partial charge in [-0.25, -0.2) is 13.8 Å². The van der Waals surface area contributed by atoms with Gasteiger partial charge in [-0.3, -0.25) is 19.4 Å². The van der Waals surface area contributed by atoms with Crippen molar-refractivity contribution in [2.45, 2.75) is 116 Å². The second-order valence-corrected chi connectivity index (χ2v) is 23.7. The van der Waals surface area contributed by atoms with Gasteiger partial charge in [0.15, 0.2) is 5.82 Å². The summed E-state index contributed by atoms with van der Waals surface area (Å²) in [6.07, 6.45) is 12.0. The molecule has 0 saturated carbocycles. The van der Waals surface area contributed by atoms with E-state index >= 15 is 8.78 Å². The zero-order valence-electron chi connectivity index (χ0n) is 45.9. The van der Waals surface area contributed by atoms with Crippen LogP contribution in [-0.4, -0.2) is 158 Å². The van der Waals surface area contributed by atoms with Crippen LogP contribution < -0.4 is 25.6 Å². The first kappa shape index (κ1) is 56.4. The van der Waals surface area contributed by atoms with Crippen LogP contribution in [0.1, 0.15) is 89.0 Å². The molecular weight excluding hydrogens is 1040 g/mol. The van der Waals surface area contributed by atoms with Crippen molar-refractivity contribution in [1.82, 2.24) is 50.6 Å². The number of aromatic hydroxyl groups is 1. The predicted molar refractivity (Wildman–Crippen MR) is 305 cm³/mol. The molecule has 4 aliphatic heterocycles. The minimum absolute atomic E-state index is 0.00566. The van der Waals surface area contributed by atoms with E-state index in [0.29, 0.717) is 49.1 Å². The molecule has 2 bridgehead atoms. The molecule has 0 aliphatic carbocycles. The Bertz CT molecular complexity index is 3270. The molecule has 80 heavy (non-hydrogen) atoms. The van der Waals surface area contributed by atoms with Crippen molar-refractivity contribution < 1.29 is 38.1 Å². The number of benzene rings is 3. The third-order valence-corrected chi connectivity index (χ3v) is 17.0. The number of aryl methyl sites for hydroxylation is 1. The van der Waals surface area contributed by atoms with Gasteiger partial charge < -0.3 is 50.5 Å². The number of pyridine rings is 1. The lowest BCUT2D eigenvalue weighted by molar-refractivity contribution is -0.144. The number of unbranched alkanes of at least 4 members (excludes halogenated alkanes) is 2. The number of phenols is 1. The van der Waals surface area contributed by atoms with Crippen molar-refractivity contribution >= 4 is 56.6 Å². The Hall–Kier alpha value is -6.89. The number of amides is 3. The lowest BCUT2D eigenvalue weighted by atomic mass is 9.85. The van der Waals surface area contributed by atoms with Gasteiger partial charge in [-0.2, -0.15) is 9.97 Å². The van der Waals surface area contributed by atoms with E-state index in [2.05, 4.69) is 51.5 Å². The average molecular weight is 1110 g/mol. The van der Waals surface area contributed by atoms with Crippen molar-refractivity contribution in [2.75, 3.05) is 70.4 Å². The Kier molecular flexibility index (Phi) is 17.2. The third-order valence-electron chi connectivity index (χ3n) is 16.0. The largest absolute Gasteiger partial charge is 0.508 e. The van der Waals surface area contributed by atoms with E-state index in [-0.39, 0.29) is 95.2 Å². The van der Waals surface area contributed by atoms with Gasteiger partial charge in [0.1, 0.15) is 40.7 Å². The molecule has 4 aliphatic rings. The van der Waals surface area contributed by atoms with E-state index in [0.717, 1.165) is 86.6 Å². The first-order valence-electron chi connectivity index (χ1n) is 27.9. The van der Waals surface area contributed by atoms with Crippen molar-refractivity contribution in [1.29, 1.82) is 0 Å². The standard InChI is InChI=1S/C60H71F2N11O6S/c1-6-44-47(61)19-16-39-27-42(74)28-45(50(39)44)52-51(62)53-46(31-63-52)56(72-32-40-17-18-41(33-72)66-40)69-59(68-53)79-26-10-21-71-24-22-70(23-25-71)20-9-7-8-11-49(76)67-55(60(3,4)5)58(78)73-34-43(75)29-48(73)57(77)64-30-37-12-14-38(15-13-37)54-36(2)65-35-80-54/h1,12-16,19,27-28,31,35,40-41,43,48,55,66,74-75H,7-11,17-18,20-26,29-30,32-34H2,2-5H3,(H,64,77)(H,67,76)/t40?,41?,43-,48+,55-/m1/s1. The van der Waals surface area contributed by atoms with Crippen LogP contribution >= 0.6 is 11.3 Å². The fourth-order valence-corrected chi connectivity index (χ4v) is 12.5. The number of likely N-dealkylation sites (tertiary alicyclic amines) is 1. The maximum Gasteiger partial charge on any atom is 0.319 e. The van der Waals surface area contributed by atoms with Crippen LogP contribution in [0, 0.1) is 36.3 Å². The molecule has 17 nitrogen and oxygen atoms in total. The van der Waals surface area contributed by atoms with E-state index in [4.69, 9.17) is 16.1 Å². The molecule has 5 N–H and O–H groups in total. The number of halogens is 2. The molecule has 7 heterocycles. The molecule has 5 atom stereocenters. The fourth-order valence-electron chi connectivity index (χ4n) is 11.7. The number of fused-ring (bicyclic) bond motifs is 4. The molecule has 6 aromatic rings. The Morgan fingerprint density at radius 2 is 1.66 bits per heavy atom. The fraction of sp³-hybridized carbons (Fsp3) is 0.483. The summed E-state index contributed by atoms with van der Waals surface area (Å²) in [7, 11) is 0. The summed E-state index contributed by atoms with van der Waals surface area (Å²) in [6, 6.07) is 12.3. The summed E-state index contributed by atoms with van der Waals surface area (Å²) >= 11 is 1.58. The van der Waals surface area contributed by atoms with Crippen LogP contribution in [0.3, 0.4) is 0 Å². The number of aromatic nitrogens is 4. The number of carbonyl (C=O) groups is 3. The maximum absolute atomic E-state index is 17.0. The normalized spacial score (nSPS) is 20.1. The smallest absolute Gasteiger partial charge is 0.319 e. The van der Waals surface area contributed by atoms with E-state index in [1.54, 1.807) is 11.3 Å². The zero-order valence-corrected chi connectivity index (χ0v) is 46.8. The van der Waals surface area contributed by atoms with Crippen LogP contribution in [0.4, 0.5) is 14.6 Å². The van der Waals surface area contributed by atoms with Crippen LogP contribution in [0.25, 0.3) is 43.4 Å². The molecule has 10 rings (SSSR count). The first-order chi connectivity index (χ1) is 38.5. The number of anilines is 1. The molecule has 4 saturated heterocycles. The molecule has 422 valence electrons. The highest BCUT2D eigenvalue weighted by Crippen LogP contribution is 2.40. The molecule has 3 aromatic heterocycles. The second-order valence-electron chi connectivity index (χ2n) is 22.9. The number of piperazine rings is 2. The summed E-state index contributed by atoms with van der Waals surface area (Å²) in [6.45, 7) is 14.9. The summed E-state index contributed by atoms with van der Waals surface area (Å²) in [5, 5.41) is 32.0. The van der Waals surface area contributed by atoms with Gasteiger partial charge in [0.05, 0.1) is 39.7 Å². The van der Waals surface area contributed by atoms with Crippen molar-refractivity contribution in [3.63, 3.8) is 0 Å².